The van der Waals surface area contributed by atoms with E-state index in [1.54, 1.807) is 0 Å². The summed E-state index contributed by atoms with van der Waals surface area (Å²) in [6, 6.07) is 23.8. The fraction of sp³-hybridized carbons (Fsp3) is 0.182. The molecule has 1 atom stereocenters. The molecule has 0 radical (unpaired) electrons. The predicted molar refractivity (Wildman–Crippen MR) is 95.8 cm³/mol. The molecule has 0 fully saturated rings. The van der Waals surface area contributed by atoms with Crippen LogP contribution in [0.1, 0.15) is 18.1 Å². The second-order valence-electron chi connectivity index (χ2n) is 6.38. The van der Waals surface area contributed by atoms with Crippen molar-refractivity contribution in [3.63, 3.8) is 0 Å². The minimum atomic E-state index is 0.250. The lowest BCUT2D eigenvalue weighted by Crippen LogP contribution is -2.05. The van der Waals surface area contributed by atoms with E-state index < -0.39 is 0 Å². The van der Waals surface area contributed by atoms with Crippen molar-refractivity contribution in [1.29, 1.82) is 0 Å². The molecule has 1 nitrogen and oxygen atoms in total. The van der Waals surface area contributed by atoms with E-state index in [1.165, 1.54) is 33.4 Å². The van der Waals surface area contributed by atoms with Gasteiger partial charge in [-0.3, -0.25) is 0 Å². The highest BCUT2D eigenvalue weighted by atomic mass is 16.5. The van der Waals surface area contributed by atoms with Crippen molar-refractivity contribution >= 4 is 0 Å². The van der Waals surface area contributed by atoms with Gasteiger partial charge in [0.1, 0.15) is 11.9 Å². The van der Waals surface area contributed by atoms with Gasteiger partial charge in [0.05, 0.1) is 0 Å². The summed E-state index contributed by atoms with van der Waals surface area (Å²) in [5, 5.41) is 0. The van der Waals surface area contributed by atoms with Crippen LogP contribution in [-0.2, 0) is 6.42 Å². The molecule has 0 aliphatic carbocycles. The Morgan fingerprint density at radius 3 is 2.30 bits per heavy atom. The van der Waals surface area contributed by atoms with E-state index in [2.05, 4.69) is 80.6 Å². The van der Waals surface area contributed by atoms with Crippen molar-refractivity contribution in [1.82, 2.24) is 0 Å². The molecule has 1 unspecified atom stereocenters. The van der Waals surface area contributed by atoms with E-state index in [9.17, 15) is 0 Å². The SMILES string of the molecule is Cc1ccc(-c2cc(-c3ccccc3)cc3c2OC(C)C3)cc1. The summed E-state index contributed by atoms with van der Waals surface area (Å²) in [6.45, 7) is 4.26. The highest BCUT2D eigenvalue weighted by Crippen LogP contribution is 2.42. The molecule has 0 aromatic heterocycles. The van der Waals surface area contributed by atoms with Gasteiger partial charge < -0.3 is 4.74 Å². The zero-order valence-electron chi connectivity index (χ0n) is 13.5. The van der Waals surface area contributed by atoms with Crippen LogP contribution in [0, 0.1) is 6.92 Å². The van der Waals surface area contributed by atoms with E-state index in [-0.39, 0.29) is 6.10 Å². The molecule has 1 heteroatoms. The third-order valence-electron chi connectivity index (χ3n) is 4.46. The van der Waals surface area contributed by atoms with E-state index in [1.807, 2.05) is 0 Å². The maximum atomic E-state index is 6.11. The molecule has 114 valence electrons. The molecule has 0 saturated heterocycles. The Morgan fingerprint density at radius 2 is 1.57 bits per heavy atom. The van der Waals surface area contributed by atoms with Crippen molar-refractivity contribution < 1.29 is 4.74 Å². The summed E-state index contributed by atoms with van der Waals surface area (Å²) in [5.41, 5.74) is 7.53. The number of benzene rings is 3. The molecular formula is C22H20O. The highest BCUT2D eigenvalue weighted by Gasteiger charge is 2.24. The lowest BCUT2D eigenvalue weighted by atomic mass is 9.94. The van der Waals surface area contributed by atoms with Gasteiger partial charge in [0.2, 0.25) is 0 Å². The van der Waals surface area contributed by atoms with Gasteiger partial charge >= 0.3 is 0 Å². The minimum Gasteiger partial charge on any atom is -0.489 e. The summed E-state index contributed by atoms with van der Waals surface area (Å²) in [7, 11) is 0. The first-order valence-electron chi connectivity index (χ1n) is 8.17. The number of fused-ring (bicyclic) bond motifs is 1. The Kier molecular flexibility index (Phi) is 3.42. The van der Waals surface area contributed by atoms with Gasteiger partial charge in [-0.25, -0.2) is 0 Å². The lowest BCUT2D eigenvalue weighted by molar-refractivity contribution is 0.255. The van der Waals surface area contributed by atoms with Crippen LogP contribution in [0.2, 0.25) is 0 Å². The number of ether oxygens (including phenoxy) is 1. The van der Waals surface area contributed by atoms with Crippen LogP contribution < -0.4 is 4.74 Å². The maximum absolute atomic E-state index is 6.11. The standard InChI is InChI=1S/C22H20O/c1-15-8-10-18(11-9-15)21-14-19(17-6-4-3-5-7-17)13-20-12-16(2)23-22(20)21/h3-11,13-14,16H,12H2,1-2H3. The molecule has 23 heavy (non-hydrogen) atoms. The molecule has 0 saturated carbocycles. The van der Waals surface area contributed by atoms with Crippen molar-refractivity contribution in [2.75, 3.05) is 0 Å². The van der Waals surface area contributed by atoms with Gasteiger partial charge in [0, 0.05) is 12.0 Å². The average Bonchev–Trinajstić information content (AvgIpc) is 2.96. The van der Waals surface area contributed by atoms with E-state index >= 15 is 0 Å². The molecule has 1 aliphatic rings. The quantitative estimate of drug-likeness (QED) is 0.594. The first-order valence-corrected chi connectivity index (χ1v) is 8.17. The third kappa shape index (κ3) is 2.63. The smallest absolute Gasteiger partial charge is 0.130 e. The lowest BCUT2D eigenvalue weighted by Gasteiger charge is -2.13. The summed E-state index contributed by atoms with van der Waals surface area (Å²) in [5.74, 6) is 1.06. The molecule has 1 heterocycles. The first kappa shape index (κ1) is 14.1. The van der Waals surface area contributed by atoms with Gasteiger partial charge in [0.25, 0.3) is 0 Å². The second kappa shape index (κ2) is 5.58. The van der Waals surface area contributed by atoms with E-state index in [4.69, 9.17) is 4.74 Å². The number of hydrogen-bond acceptors (Lipinski definition) is 1. The van der Waals surface area contributed by atoms with Gasteiger partial charge in [-0.15, -0.1) is 0 Å². The molecule has 0 bridgehead atoms. The number of hydrogen-bond donors (Lipinski definition) is 0. The summed E-state index contributed by atoms with van der Waals surface area (Å²) in [4.78, 5) is 0. The molecule has 3 aromatic rings. The Bertz CT molecular complexity index is 832. The van der Waals surface area contributed by atoms with Gasteiger partial charge in [-0.05, 0) is 48.2 Å². The van der Waals surface area contributed by atoms with E-state index in [0.717, 1.165) is 12.2 Å². The van der Waals surface area contributed by atoms with Gasteiger partial charge in [-0.1, -0.05) is 60.2 Å². The van der Waals surface area contributed by atoms with Crippen LogP contribution in [0.3, 0.4) is 0 Å². The fourth-order valence-corrected chi connectivity index (χ4v) is 3.28. The van der Waals surface area contributed by atoms with Crippen LogP contribution in [0.25, 0.3) is 22.3 Å². The zero-order chi connectivity index (χ0) is 15.8. The van der Waals surface area contributed by atoms with Crippen LogP contribution in [0.5, 0.6) is 5.75 Å². The Morgan fingerprint density at radius 1 is 0.826 bits per heavy atom. The summed E-state index contributed by atoms with van der Waals surface area (Å²) >= 11 is 0. The number of rotatable bonds is 2. The maximum Gasteiger partial charge on any atom is 0.130 e. The van der Waals surface area contributed by atoms with Crippen molar-refractivity contribution in [3.8, 4) is 28.0 Å². The second-order valence-corrected chi connectivity index (χ2v) is 6.38. The summed E-state index contributed by atoms with van der Waals surface area (Å²) < 4.78 is 6.11. The monoisotopic (exact) mass is 300 g/mol. The first-order chi connectivity index (χ1) is 11.2. The van der Waals surface area contributed by atoms with Gasteiger partial charge in [-0.2, -0.15) is 0 Å². The third-order valence-corrected chi connectivity index (χ3v) is 4.46. The van der Waals surface area contributed by atoms with Crippen LogP contribution in [0.4, 0.5) is 0 Å². The fourth-order valence-electron chi connectivity index (χ4n) is 3.28. The Hall–Kier alpha value is -2.54. The Balaban J connectivity index is 1.90. The van der Waals surface area contributed by atoms with E-state index in [0.29, 0.717) is 0 Å². The van der Waals surface area contributed by atoms with Crippen molar-refractivity contribution in [3.05, 3.63) is 77.9 Å². The average molecular weight is 300 g/mol. The number of aryl methyl sites for hydroxylation is 1. The predicted octanol–water partition coefficient (Wildman–Crippen LogP) is 5.65. The van der Waals surface area contributed by atoms with Crippen LogP contribution in [-0.4, -0.2) is 6.10 Å². The molecular weight excluding hydrogens is 280 g/mol. The molecule has 1 aliphatic heterocycles. The van der Waals surface area contributed by atoms with Gasteiger partial charge in [0.15, 0.2) is 0 Å². The largest absolute Gasteiger partial charge is 0.489 e. The minimum absolute atomic E-state index is 0.250. The highest BCUT2D eigenvalue weighted by molar-refractivity contribution is 5.80. The molecule has 4 rings (SSSR count). The van der Waals surface area contributed by atoms with Crippen molar-refractivity contribution in [2.24, 2.45) is 0 Å². The normalized spacial score (nSPS) is 16.0. The Labute approximate surface area is 137 Å². The molecule has 0 N–H and O–H groups in total. The van der Waals surface area contributed by atoms with Crippen molar-refractivity contribution in [2.45, 2.75) is 26.4 Å². The van der Waals surface area contributed by atoms with Crippen LogP contribution >= 0.6 is 0 Å². The van der Waals surface area contributed by atoms with Crippen LogP contribution in [0.15, 0.2) is 66.7 Å². The summed E-state index contributed by atoms with van der Waals surface area (Å²) in [6.07, 6.45) is 1.23. The zero-order valence-corrected chi connectivity index (χ0v) is 13.5. The molecule has 0 spiro atoms. The molecule has 3 aromatic carbocycles. The topological polar surface area (TPSA) is 9.23 Å². The molecule has 0 amide bonds.